The first-order chi connectivity index (χ1) is 13.4. The number of benzene rings is 2. The van der Waals surface area contributed by atoms with Gasteiger partial charge in [0.25, 0.3) is 0 Å². The lowest BCUT2D eigenvalue weighted by molar-refractivity contribution is -0.147. The number of esters is 1. The molecule has 1 N–H and O–H groups in total. The zero-order chi connectivity index (χ0) is 20.4. The lowest BCUT2D eigenvalue weighted by Gasteiger charge is -2.16. The first-order valence-electron chi connectivity index (χ1n) is 8.55. The van der Waals surface area contributed by atoms with Gasteiger partial charge in [-0.15, -0.1) is 0 Å². The fourth-order valence-corrected chi connectivity index (χ4v) is 3.89. The summed E-state index contributed by atoms with van der Waals surface area (Å²) < 4.78 is 32.4. The number of sulfonamides is 1. The van der Waals surface area contributed by atoms with Crippen molar-refractivity contribution in [1.29, 1.82) is 0 Å². The van der Waals surface area contributed by atoms with Crippen molar-refractivity contribution in [2.75, 3.05) is 12.0 Å². The Morgan fingerprint density at radius 3 is 2.50 bits per heavy atom. The Hall–Kier alpha value is -1.80. The van der Waals surface area contributed by atoms with Gasteiger partial charge in [-0.3, -0.25) is 4.79 Å². The molecule has 5 nitrogen and oxygen atoms in total. The smallest absolute Gasteiger partial charge is 0.324 e. The molecular weight excluding hydrogens is 418 g/mol. The molecule has 0 aliphatic carbocycles. The molecule has 2 aromatic carbocycles. The summed E-state index contributed by atoms with van der Waals surface area (Å²) in [5.41, 5.74) is 1.52. The first kappa shape index (κ1) is 22.5. The van der Waals surface area contributed by atoms with E-state index in [4.69, 9.17) is 16.3 Å². The SMILES string of the molecule is CSCC[C@@H](NS(=O)(=O)/C=C/c1ccccc1)C(=O)OCc1ccc(Cl)cc1. The van der Waals surface area contributed by atoms with Gasteiger partial charge in [0.05, 0.1) is 0 Å². The van der Waals surface area contributed by atoms with Gasteiger partial charge in [0, 0.05) is 10.4 Å². The number of carbonyl (C=O) groups excluding carboxylic acids is 1. The highest BCUT2D eigenvalue weighted by molar-refractivity contribution is 7.98. The number of ether oxygens (including phenoxy) is 1. The Balaban J connectivity index is 2.01. The van der Waals surface area contributed by atoms with Gasteiger partial charge in [-0.1, -0.05) is 54.1 Å². The van der Waals surface area contributed by atoms with Gasteiger partial charge in [-0.05, 0) is 47.8 Å². The number of thioether (sulfide) groups is 1. The fourth-order valence-electron chi connectivity index (χ4n) is 2.27. The van der Waals surface area contributed by atoms with Crippen LogP contribution in [0.3, 0.4) is 0 Å². The third-order valence-corrected chi connectivity index (χ3v) is 5.74. The van der Waals surface area contributed by atoms with Crippen LogP contribution in [-0.2, 0) is 26.2 Å². The van der Waals surface area contributed by atoms with E-state index in [2.05, 4.69) is 4.72 Å². The maximum absolute atomic E-state index is 12.4. The Bertz CT molecular complexity index is 884. The van der Waals surface area contributed by atoms with E-state index in [-0.39, 0.29) is 6.61 Å². The molecule has 0 bridgehead atoms. The minimum atomic E-state index is -3.80. The molecule has 1 atom stereocenters. The molecular formula is C20H22ClNO4S2. The summed E-state index contributed by atoms with van der Waals surface area (Å²) in [6.07, 6.45) is 3.70. The highest BCUT2D eigenvalue weighted by Gasteiger charge is 2.24. The molecule has 0 saturated heterocycles. The molecule has 0 saturated carbocycles. The van der Waals surface area contributed by atoms with Crippen LogP contribution in [-0.4, -0.2) is 32.4 Å². The minimum Gasteiger partial charge on any atom is -0.460 e. The third-order valence-electron chi connectivity index (χ3n) is 3.74. The summed E-state index contributed by atoms with van der Waals surface area (Å²) in [5.74, 6) is 0.00622. The Labute approximate surface area is 175 Å². The molecule has 28 heavy (non-hydrogen) atoms. The highest BCUT2D eigenvalue weighted by atomic mass is 35.5. The predicted octanol–water partition coefficient (Wildman–Crippen LogP) is 4.10. The fraction of sp³-hybridized carbons (Fsp3) is 0.250. The van der Waals surface area contributed by atoms with Gasteiger partial charge in [0.2, 0.25) is 10.0 Å². The second-order valence-corrected chi connectivity index (χ2v) is 8.96. The topological polar surface area (TPSA) is 72.5 Å². The largest absolute Gasteiger partial charge is 0.460 e. The second kappa shape index (κ2) is 11.3. The lowest BCUT2D eigenvalue weighted by Crippen LogP contribution is -2.41. The van der Waals surface area contributed by atoms with Crippen LogP contribution in [0.5, 0.6) is 0 Å². The standard InChI is InChI=1S/C20H22ClNO4S2/c1-27-13-11-19(20(23)26-15-17-7-9-18(21)10-8-17)22-28(24,25)14-12-16-5-3-2-4-6-16/h2-10,12,14,19,22H,11,13,15H2,1H3/b14-12+/t19-/m1/s1. The van der Waals surface area contributed by atoms with Crippen LogP contribution >= 0.6 is 23.4 Å². The molecule has 0 aliphatic heterocycles. The van der Waals surface area contributed by atoms with Crippen molar-refractivity contribution in [1.82, 2.24) is 4.72 Å². The monoisotopic (exact) mass is 439 g/mol. The van der Waals surface area contributed by atoms with Crippen molar-refractivity contribution in [3.63, 3.8) is 0 Å². The van der Waals surface area contributed by atoms with E-state index < -0.39 is 22.0 Å². The molecule has 0 heterocycles. The Kier molecular flexibility index (Phi) is 9.05. The number of nitrogens with one attached hydrogen (secondary N) is 1. The van der Waals surface area contributed by atoms with E-state index in [1.54, 1.807) is 36.4 Å². The van der Waals surface area contributed by atoms with Crippen molar-refractivity contribution in [2.24, 2.45) is 0 Å². The van der Waals surface area contributed by atoms with Gasteiger partial charge in [-0.25, -0.2) is 8.42 Å². The van der Waals surface area contributed by atoms with E-state index in [1.165, 1.54) is 17.8 Å². The summed E-state index contributed by atoms with van der Waals surface area (Å²) in [7, 11) is -3.80. The average molecular weight is 440 g/mol. The number of rotatable bonds is 10. The van der Waals surface area contributed by atoms with Crippen LogP contribution in [0.15, 0.2) is 60.0 Å². The van der Waals surface area contributed by atoms with Crippen LogP contribution in [0.2, 0.25) is 5.02 Å². The minimum absolute atomic E-state index is 0.0490. The Morgan fingerprint density at radius 1 is 1.18 bits per heavy atom. The zero-order valence-electron chi connectivity index (χ0n) is 15.4. The molecule has 2 rings (SSSR count). The van der Waals surface area contributed by atoms with Gasteiger partial charge in [0.1, 0.15) is 12.6 Å². The first-order valence-corrected chi connectivity index (χ1v) is 11.9. The van der Waals surface area contributed by atoms with Crippen molar-refractivity contribution in [2.45, 2.75) is 19.1 Å². The molecule has 0 aliphatic rings. The van der Waals surface area contributed by atoms with Gasteiger partial charge in [-0.2, -0.15) is 16.5 Å². The van der Waals surface area contributed by atoms with E-state index in [0.717, 1.165) is 16.5 Å². The summed E-state index contributed by atoms with van der Waals surface area (Å²) in [5, 5.41) is 1.65. The number of hydrogen-bond acceptors (Lipinski definition) is 5. The van der Waals surface area contributed by atoms with Crippen LogP contribution in [0, 0.1) is 0 Å². The summed E-state index contributed by atoms with van der Waals surface area (Å²) >= 11 is 7.36. The van der Waals surface area contributed by atoms with E-state index in [0.29, 0.717) is 17.2 Å². The van der Waals surface area contributed by atoms with Crippen LogP contribution in [0.1, 0.15) is 17.5 Å². The maximum atomic E-state index is 12.4. The van der Waals surface area contributed by atoms with Crippen molar-refractivity contribution >= 4 is 45.4 Å². The number of hydrogen-bond donors (Lipinski definition) is 1. The highest BCUT2D eigenvalue weighted by Crippen LogP contribution is 2.12. The van der Waals surface area contributed by atoms with Gasteiger partial charge in [0.15, 0.2) is 0 Å². The summed E-state index contributed by atoms with van der Waals surface area (Å²) in [4.78, 5) is 12.4. The second-order valence-electron chi connectivity index (χ2n) is 5.94. The lowest BCUT2D eigenvalue weighted by atomic mass is 10.2. The molecule has 0 unspecified atom stereocenters. The Morgan fingerprint density at radius 2 is 1.86 bits per heavy atom. The molecule has 0 radical (unpaired) electrons. The maximum Gasteiger partial charge on any atom is 0.324 e. The molecule has 150 valence electrons. The molecule has 0 fully saturated rings. The van der Waals surface area contributed by atoms with E-state index in [1.807, 2.05) is 24.5 Å². The molecule has 0 amide bonds. The average Bonchev–Trinajstić information content (AvgIpc) is 2.70. The summed E-state index contributed by atoms with van der Waals surface area (Å²) in [6, 6.07) is 15.0. The predicted molar refractivity (Wildman–Crippen MR) is 116 cm³/mol. The van der Waals surface area contributed by atoms with Crippen LogP contribution in [0.4, 0.5) is 0 Å². The quantitative estimate of drug-likeness (QED) is 0.564. The molecule has 0 aromatic heterocycles. The molecule has 2 aromatic rings. The molecule has 8 heteroatoms. The number of halogens is 1. The van der Waals surface area contributed by atoms with Crippen molar-refractivity contribution in [3.8, 4) is 0 Å². The van der Waals surface area contributed by atoms with Crippen molar-refractivity contribution < 1.29 is 17.9 Å². The number of carbonyl (C=O) groups is 1. The van der Waals surface area contributed by atoms with Crippen LogP contribution < -0.4 is 4.72 Å². The zero-order valence-corrected chi connectivity index (χ0v) is 17.8. The normalized spacial score (nSPS) is 12.8. The van der Waals surface area contributed by atoms with Gasteiger partial charge < -0.3 is 4.74 Å². The van der Waals surface area contributed by atoms with E-state index >= 15 is 0 Å². The van der Waals surface area contributed by atoms with Crippen molar-refractivity contribution in [3.05, 3.63) is 76.2 Å². The summed E-state index contributed by atoms with van der Waals surface area (Å²) in [6.45, 7) is 0.0490. The third kappa shape index (κ3) is 8.06. The van der Waals surface area contributed by atoms with Gasteiger partial charge >= 0.3 is 5.97 Å². The van der Waals surface area contributed by atoms with Crippen LogP contribution in [0.25, 0.3) is 6.08 Å². The molecule has 0 spiro atoms. The van der Waals surface area contributed by atoms with E-state index in [9.17, 15) is 13.2 Å².